The fourth-order valence-electron chi connectivity index (χ4n) is 5.25. The molecule has 2 fully saturated rings. The third-order valence-electron chi connectivity index (χ3n) is 7.01. The molecule has 1 amide bonds. The van der Waals surface area contributed by atoms with Gasteiger partial charge < -0.3 is 9.47 Å². The highest BCUT2D eigenvalue weighted by molar-refractivity contribution is 5.86. The summed E-state index contributed by atoms with van der Waals surface area (Å²) in [7, 11) is 0. The van der Waals surface area contributed by atoms with E-state index in [0.29, 0.717) is 12.6 Å². The Balaban J connectivity index is 1.43. The highest BCUT2D eigenvalue weighted by Crippen LogP contribution is 2.50. The molecule has 0 bridgehead atoms. The molecular formula is C25H30N6O. The number of carbonyl (C=O) groups excluding carboxylic acids is 1. The van der Waals surface area contributed by atoms with E-state index in [2.05, 4.69) is 51.6 Å². The molecule has 0 N–H and O–H groups in total. The van der Waals surface area contributed by atoms with Crippen LogP contribution in [0.4, 0.5) is 0 Å². The second-order valence-electron chi connectivity index (χ2n) is 9.41. The summed E-state index contributed by atoms with van der Waals surface area (Å²) < 4.78 is 2.14. The van der Waals surface area contributed by atoms with Crippen molar-refractivity contribution in [1.82, 2.24) is 29.3 Å². The van der Waals surface area contributed by atoms with Crippen molar-refractivity contribution in [2.45, 2.75) is 45.3 Å². The lowest BCUT2D eigenvalue weighted by Gasteiger charge is -2.28. The first kappa shape index (κ1) is 20.8. The highest BCUT2D eigenvalue weighted by atomic mass is 16.2. The standard InChI is InChI=1S/C25H30N6O/c1-19(2)31-16-23(28-18-31)22-15-29(13-20-3-8-26-9-4-20)17-25(22)7-12-30(24(25)32)14-21-5-10-27-11-6-21/h3-6,8-11,16,18-19,22H,7,12-15,17H2,1-2H3. The monoisotopic (exact) mass is 430 g/mol. The number of hydrogen-bond donors (Lipinski definition) is 0. The number of pyridine rings is 2. The molecule has 3 aromatic heterocycles. The minimum Gasteiger partial charge on any atom is -0.338 e. The molecule has 2 unspecified atom stereocenters. The van der Waals surface area contributed by atoms with E-state index in [0.717, 1.165) is 43.9 Å². The quantitative estimate of drug-likeness (QED) is 0.600. The van der Waals surface area contributed by atoms with Gasteiger partial charge in [-0.1, -0.05) is 0 Å². The van der Waals surface area contributed by atoms with Gasteiger partial charge in [0.25, 0.3) is 0 Å². The Kier molecular flexibility index (Phi) is 5.51. The van der Waals surface area contributed by atoms with E-state index in [-0.39, 0.29) is 11.8 Å². The van der Waals surface area contributed by atoms with Gasteiger partial charge in [0.15, 0.2) is 0 Å². The number of amides is 1. The maximum atomic E-state index is 13.9. The Morgan fingerprint density at radius 2 is 1.69 bits per heavy atom. The molecule has 5 rings (SSSR count). The first-order valence-electron chi connectivity index (χ1n) is 11.4. The van der Waals surface area contributed by atoms with Gasteiger partial charge in [-0.3, -0.25) is 19.7 Å². The van der Waals surface area contributed by atoms with E-state index in [1.54, 1.807) is 12.4 Å². The van der Waals surface area contributed by atoms with Gasteiger partial charge >= 0.3 is 0 Å². The lowest BCUT2D eigenvalue weighted by atomic mass is 9.75. The summed E-state index contributed by atoms with van der Waals surface area (Å²) in [4.78, 5) is 31.4. The molecule has 2 saturated heterocycles. The second-order valence-corrected chi connectivity index (χ2v) is 9.41. The van der Waals surface area contributed by atoms with Gasteiger partial charge in [0.1, 0.15) is 0 Å². The number of nitrogens with zero attached hydrogens (tertiary/aromatic N) is 6. The second kappa shape index (κ2) is 8.47. The Bertz CT molecular complexity index is 1070. The minimum atomic E-state index is -0.420. The van der Waals surface area contributed by atoms with Crippen molar-refractivity contribution in [3.63, 3.8) is 0 Å². The Morgan fingerprint density at radius 1 is 1.03 bits per heavy atom. The van der Waals surface area contributed by atoms with Crippen LogP contribution in [0.5, 0.6) is 0 Å². The largest absolute Gasteiger partial charge is 0.338 e. The molecule has 2 aliphatic heterocycles. The molecule has 3 aromatic rings. The van der Waals surface area contributed by atoms with Crippen LogP contribution < -0.4 is 0 Å². The molecule has 1 spiro atoms. The molecular weight excluding hydrogens is 400 g/mol. The number of carbonyl (C=O) groups is 1. The lowest BCUT2D eigenvalue weighted by molar-refractivity contribution is -0.136. The fourth-order valence-corrected chi connectivity index (χ4v) is 5.25. The first-order valence-corrected chi connectivity index (χ1v) is 11.4. The minimum absolute atomic E-state index is 0.0966. The van der Waals surface area contributed by atoms with Crippen molar-refractivity contribution in [3.8, 4) is 0 Å². The molecule has 0 aromatic carbocycles. The zero-order chi connectivity index (χ0) is 22.1. The average molecular weight is 431 g/mol. The van der Waals surface area contributed by atoms with Crippen LogP contribution in [0, 0.1) is 5.41 Å². The van der Waals surface area contributed by atoms with Gasteiger partial charge in [-0.15, -0.1) is 0 Å². The third kappa shape index (κ3) is 3.81. The highest BCUT2D eigenvalue weighted by Gasteiger charge is 2.57. The van der Waals surface area contributed by atoms with E-state index < -0.39 is 5.41 Å². The number of aromatic nitrogens is 4. The van der Waals surface area contributed by atoms with Crippen molar-refractivity contribution in [3.05, 3.63) is 78.4 Å². The van der Waals surface area contributed by atoms with Crippen molar-refractivity contribution in [2.75, 3.05) is 19.6 Å². The Hall–Kier alpha value is -3.06. The van der Waals surface area contributed by atoms with Crippen molar-refractivity contribution < 1.29 is 4.79 Å². The van der Waals surface area contributed by atoms with Crippen LogP contribution in [0.1, 0.15) is 49.0 Å². The normalized spacial score (nSPS) is 23.7. The van der Waals surface area contributed by atoms with E-state index in [9.17, 15) is 4.79 Å². The zero-order valence-electron chi connectivity index (χ0n) is 18.8. The number of imidazole rings is 1. The lowest BCUT2D eigenvalue weighted by Crippen LogP contribution is -2.39. The average Bonchev–Trinajstić information content (AvgIpc) is 3.50. The summed E-state index contributed by atoms with van der Waals surface area (Å²) in [6.45, 7) is 8.16. The van der Waals surface area contributed by atoms with Gasteiger partial charge in [-0.2, -0.15) is 0 Å². The van der Waals surface area contributed by atoms with Gasteiger partial charge in [0.05, 0.1) is 17.4 Å². The number of likely N-dealkylation sites (tertiary alicyclic amines) is 2. The van der Waals surface area contributed by atoms with E-state index in [4.69, 9.17) is 4.98 Å². The van der Waals surface area contributed by atoms with Crippen molar-refractivity contribution in [1.29, 1.82) is 0 Å². The van der Waals surface area contributed by atoms with Crippen LogP contribution in [-0.4, -0.2) is 54.9 Å². The topological polar surface area (TPSA) is 67.2 Å². The molecule has 2 aliphatic rings. The summed E-state index contributed by atoms with van der Waals surface area (Å²) in [6.07, 6.45) is 12.2. The molecule has 166 valence electrons. The maximum absolute atomic E-state index is 13.9. The fraction of sp³-hybridized carbons (Fsp3) is 0.440. The SMILES string of the molecule is CC(C)n1cnc(C2CN(Cc3ccncc3)CC23CCN(Cc2ccncc2)C3=O)c1. The molecule has 0 aliphatic carbocycles. The van der Waals surface area contributed by atoms with Crippen LogP contribution in [0.15, 0.2) is 61.6 Å². The van der Waals surface area contributed by atoms with Crippen LogP contribution in [-0.2, 0) is 17.9 Å². The van der Waals surface area contributed by atoms with Gasteiger partial charge in [0, 0.05) is 75.7 Å². The molecule has 7 heteroatoms. The van der Waals surface area contributed by atoms with Crippen molar-refractivity contribution in [2.24, 2.45) is 5.41 Å². The maximum Gasteiger partial charge on any atom is 0.231 e. The molecule has 7 nitrogen and oxygen atoms in total. The summed E-state index contributed by atoms with van der Waals surface area (Å²) >= 11 is 0. The third-order valence-corrected chi connectivity index (χ3v) is 7.01. The smallest absolute Gasteiger partial charge is 0.231 e. The van der Waals surface area contributed by atoms with Crippen LogP contribution in [0.25, 0.3) is 0 Å². The number of hydrogen-bond acceptors (Lipinski definition) is 5. The predicted octanol–water partition coefficient (Wildman–Crippen LogP) is 3.27. The zero-order valence-corrected chi connectivity index (χ0v) is 18.8. The summed E-state index contributed by atoms with van der Waals surface area (Å²) in [6, 6.07) is 8.44. The van der Waals surface area contributed by atoms with Gasteiger partial charge in [-0.25, -0.2) is 4.98 Å². The summed E-state index contributed by atoms with van der Waals surface area (Å²) in [5.41, 5.74) is 2.96. The van der Waals surface area contributed by atoms with Crippen LogP contribution in [0.2, 0.25) is 0 Å². The molecule has 2 atom stereocenters. The molecule has 0 radical (unpaired) electrons. The molecule has 32 heavy (non-hydrogen) atoms. The summed E-state index contributed by atoms with van der Waals surface area (Å²) in [5.74, 6) is 0.356. The van der Waals surface area contributed by atoms with E-state index >= 15 is 0 Å². The number of rotatable bonds is 6. The Labute approximate surface area is 189 Å². The molecule has 5 heterocycles. The van der Waals surface area contributed by atoms with Crippen molar-refractivity contribution >= 4 is 5.91 Å². The predicted molar refractivity (Wildman–Crippen MR) is 122 cm³/mol. The van der Waals surface area contributed by atoms with E-state index in [1.807, 2.05) is 35.8 Å². The van der Waals surface area contributed by atoms with Crippen LogP contribution in [0.3, 0.4) is 0 Å². The van der Waals surface area contributed by atoms with Crippen LogP contribution >= 0.6 is 0 Å². The van der Waals surface area contributed by atoms with Gasteiger partial charge in [0.2, 0.25) is 5.91 Å². The summed E-state index contributed by atoms with van der Waals surface area (Å²) in [5, 5.41) is 0. The molecule has 0 saturated carbocycles. The van der Waals surface area contributed by atoms with Gasteiger partial charge in [-0.05, 0) is 55.7 Å². The van der Waals surface area contributed by atoms with E-state index in [1.165, 1.54) is 5.56 Å². The Morgan fingerprint density at radius 3 is 2.31 bits per heavy atom. The first-order chi connectivity index (χ1) is 15.5.